The smallest absolute Gasteiger partial charge is 0.150 e. The molecule has 6 heteroatoms. The molecule has 1 unspecified atom stereocenters. The van der Waals surface area contributed by atoms with E-state index in [1.165, 1.54) is 7.11 Å². The zero-order chi connectivity index (χ0) is 12.1. The Morgan fingerprint density at radius 3 is 2.75 bits per heavy atom. The fourth-order valence-corrected chi connectivity index (χ4v) is 1.73. The second-order valence-corrected chi connectivity index (χ2v) is 4.09. The van der Waals surface area contributed by atoms with E-state index < -0.39 is 17.7 Å². The molecule has 0 aliphatic heterocycles. The topological polar surface area (TPSA) is 41.5 Å². The van der Waals surface area contributed by atoms with Crippen molar-refractivity contribution >= 4 is 21.6 Å². The third kappa shape index (κ3) is 3.70. The first-order chi connectivity index (χ1) is 7.54. The van der Waals surface area contributed by atoms with Gasteiger partial charge in [-0.25, -0.2) is 8.78 Å². The van der Waals surface area contributed by atoms with Gasteiger partial charge in [0, 0.05) is 24.2 Å². The summed E-state index contributed by atoms with van der Waals surface area (Å²) in [7, 11) is 1.46. The zero-order valence-electron chi connectivity index (χ0n) is 8.64. The largest absolute Gasteiger partial charge is 0.389 e. The Morgan fingerprint density at radius 2 is 2.19 bits per heavy atom. The van der Waals surface area contributed by atoms with Crippen LogP contribution in [0, 0.1) is 11.6 Å². The lowest BCUT2D eigenvalue weighted by Crippen LogP contribution is -2.24. The van der Waals surface area contributed by atoms with Gasteiger partial charge in [-0.15, -0.1) is 0 Å². The van der Waals surface area contributed by atoms with Gasteiger partial charge < -0.3 is 15.2 Å². The standard InChI is InChI=1S/C10H12BrF2NO2/c1-16-5-7(15)4-14-10-8(11)2-6(12)3-9(10)13/h2-3,7,14-15H,4-5H2,1H3. The second-order valence-electron chi connectivity index (χ2n) is 3.23. The van der Waals surface area contributed by atoms with Gasteiger partial charge in [-0.2, -0.15) is 0 Å². The first-order valence-electron chi connectivity index (χ1n) is 4.60. The molecule has 0 saturated heterocycles. The third-order valence-electron chi connectivity index (χ3n) is 1.88. The number of halogens is 3. The molecule has 1 aromatic rings. The Bertz CT molecular complexity index is 340. The highest BCUT2D eigenvalue weighted by atomic mass is 79.9. The lowest BCUT2D eigenvalue weighted by Gasteiger charge is -2.13. The molecule has 1 rings (SSSR count). The molecule has 0 aliphatic rings. The van der Waals surface area contributed by atoms with E-state index >= 15 is 0 Å². The number of aliphatic hydroxyl groups excluding tert-OH is 1. The lowest BCUT2D eigenvalue weighted by atomic mass is 10.2. The number of aliphatic hydroxyl groups is 1. The number of ether oxygens (including phenoxy) is 1. The molecule has 2 N–H and O–H groups in total. The van der Waals surface area contributed by atoms with Crippen molar-refractivity contribution in [3.63, 3.8) is 0 Å². The van der Waals surface area contributed by atoms with Crippen LogP contribution in [0.3, 0.4) is 0 Å². The fourth-order valence-electron chi connectivity index (χ4n) is 1.18. The molecule has 1 atom stereocenters. The Kier molecular flexibility index (Phi) is 5.11. The molecule has 0 saturated carbocycles. The number of anilines is 1. The van der Waals surface area contributed by atoms with Crippen molar-refractivity contribution in [2.24, 2.45) is 0 Å². The van der Waals surface area contributed by atoms with Crippen LogP contribution >= 0.6 is 15.9 Å². The van der Waals surface area contributed by atoms with Crippen LogP contribution < -0.4 is 5.32 Å². The molecule has 3 nitrogen and oxygen atoms in total. The highest BCUT2D eigenvalue weighted by molar-refractivity contribution is 9.10. The second kappa shape index (κ2) is 6.12. The summed E-state index contributed by atoms with van der Waals surface area (Å²) in [4.78, 5) is 0. The Morgan fingerprint density at radius 1 is 1.50 bits per heavy atom. The summed E-state index contributed by atoms with van der Waals surface area (Å²) in [5.41, 5.74) is 0.122. The van der Waals surface area contributed by atoms with E-state index in [0.717, 1.165) is 12.1 Å². The van der Waals surface area contributed by atoms with E-state index in [1.807, 2.05) is 0 Å². The first kappa shape index (κ1) is 13.3. The maximum atomic E-state index is 13.3. The highest BCUT2D eigenvalue weighted by Crippen LogP contribution is 2.26. The van der Waals surface area contributed by atoms with Gasteiger partial charge >= 0.3 is 0 Å². The molecule has 0 aromatic heterocycles. The van der Waals surface area contributed by atoms with E-state index in [1.54, 1.807) is 0 Å². The van der Waals surface area contributed by atoms with E-state index in [9.17, 15) is 13.9 Å². The summed E-state index contributed by atoms with van der Waals surface area (Å²) in [5.74, 6) is -1.37. The minimum atomic E-state index is -0.749. The number of nitrogens with one attached hydrogen (secondary N) is 1. The molecule has 90 valence electrons. The number of hydrogen-bond donors (Lipinski definition) is 2. The average Bonchev–Trinajstić information content (AvgIpc) is 2.16. The van der Waals surface area contributed by atoms with Crippen molar-refractivity contribution in [3.05, 3.63) is 28.2 Å². The minimum absolute atomic E-state index is 0.120. The van der Waals surface area contributed by atoms with Crippen LogP contribution in [0.5, 0.6) is 0 Å². The molecule has 0 aliphatic carbocycles. The molecule has 16 heavy (non-hydrogen) atoms. The Hall–Kier alpha value is -0.720. The van der Waals surface area contributed by atoms with Crippen molar-refractivity contribution in [1.82, 2.24) is 0 Å². The maximum absolute atomic E-state index is 13.3. The quantitative estimate of drug-likeness (QED) is 0.875. The number of benzene rings is 1. The van der Waals surface area contributed by atoms with Crippen molar-refractivity contribution in [2.75, 3.05) is 25.6 Å². The van der Waals surface area contributed by atoms with E-state index in [4.69, 9.17) is 4.74 Å². The van der Waals surface area contributed by atoms with Crippen LogP contribution in [-0.4, -0.2) is 31.5 Å². The molecule has 0 bridgehead atoms. The fraction of sp³-hybridized carbons (Fsp3) is 0.400. The van der Waals surface area contributed by atoms with Crippen molar-refractivity contribution in [3.8, 4) is 0 Å². The Balaban J connectivity index is 2.67. The van der Waals surface area contributed by atoms with Gasteiger partial charge in [0.15, 0.2) is 0 Å². The minimum Gasteiger partial charge on any atom is -0.389 e. The van der Waals surface area contributed by atoms with Crippen LogP contribution in [0.2, 0.25) is 0 Å². The van der Waals surface area contributed by atoms with Crippen molar-refractivity contribution in [2.45, 2.75) is 6.10 Å². The normalized spacial score (nSPS) is 12.6. The highest BCUT2D eigenvalue weighted by Gasteiger charge is 2.11. The molecular formula is C10H12BrF2NO2. The SMILES string of the molecule is COCC(O)CNc1c(F)cc(F)cc1Br. The van der Waals surface area contributed by atoms with Gasteiger partial charge in [-0.05, 0) is 22.0 Å². The van der Waals surface area contributed by atoms with Crippen LogP contribution in [0.15, 0.2) is 16.6 Å². The summed E-state index contributed by atoms with van der Waals surface area (Å²) in [6.07, 6.45) is -0.749. The molecule has 0 fully saturated rings. The van der Waals surface area contributed by atoms with E-state index in [2.05, 4.69) is 21.2 Å². The molecule has 0 spiro atoms. The third-order valence-corrected chi connectivity index (χ3v) is 2.51. The summed E-state index contributed by atoms with van der Waals surface area (Å²) in [6, 6.07) is 1.92. The van der Waals surface area contributed by atoms with E-state index in [-0.39, 0.29) is 23.3 Å². The summed E-state index contributed by atoms with van der Waals surface area (Å²) in [6.45, 7) is 0.266. The summed E-state index contributed by atoms with van der Waals surface area (Å²) < 4.78 is 31.1. The van der Waals surface area contributed by atoms with Crippen LogP contribution in [0.25, 0.3) is 0 Å². The summed E-state index contributed by atoms with van der Waals surface area (Å²) in [5, 5.41) is 12.0. The predicted molar refractivity (Wildman–Crippen MR) is 60.4 cm³/mol. The van der Waals surface area contributed by atoms with Crippen molar-refractivity contribution < 1.29 is 18.6 Å². The monoisotopic (exact) mass is 295 g/mol. The molecule has 0 heterocycles. The first-order valence-corrected chi connectivity index (χ1v) is 5.39. The number of rotatable bonds is 5. The van der Waals surface area contributed by atoms with Gasteiger partial charge in [0.1, 0.15) is 11.6 Å². The zero-order valence-corrected chi connectivity index (χ0v) is 10.2. The van der Waals surface area contributed by atoms with Gasteiger partial charge in [-0.3, -0.25) is 0 Å². The summed E-state index contributed by atoms with van der Waals surface area (Å²) >= 11 is 3.03. The molecular weight excluding hydrogens is 284 g/mol. The van der Waals surface area contributed by atoms with Crippen LogP contribution in [-0.2, 0) is 4.74 Å². The molecule has 1 aromatic carbocycles. The van der Waals surface area contributed by atoms with Gasteiger partial charge in [0.2, 0.25) is 0 Å². The van der Waals surface area contributed by atoms with Crippen molar-refractivity contribution in [1.29, 1.82) is 0 Å². The Labute approximate surface area is 101 Å². The van der Waals surface area contributed by atoms with Gasteiger partial charge in [0.25, 0.3) is 0 Å². The maximum Gasteiger partial charge on any atom is 0.150 e. The van der Waals surface area contributed by atoms with Crippen LogP contribution in [0.4, 0.5) is 14.5 Å². The molecule has 0 amide bonds. The number of methoxy groups -OCH3 is 1. The lowest BCUT2D eigenvalue weighted by molar-refractivity contribution is 0.0727. The average molecular weight is 296 g/mol. The van der Waals surface area contributed by atoms with Gasteiger partial charge in [-0.1, -0.05) is 0 Å². The van der Waals surface area contributed by atoms with Crippen LogP contribution in [0.1, 0.15) is 0 Å². The number of hydrogen-bond acceptors (Lipinski definition) is 3. The molecule has 0 radical (unpaired) electrons. The van der Waals surface area contributed by atoms with E-state index in [0.29, 0.717) is 0 Å². The van der Waals surface area contributed by atoms with Gasteiger partial charge in [0.05, 0.1) is 18.4 Å². The predicted octanol–water partition coefficient (Wildman–Crippen LogP) is 2.15.